The monoisotopic (exact) mass is 323 g/mol. The number of anilines is 1. The summed E-state index contributed by atoms with van der Waals surface area (Å²) < 4.78 is 10.8. The van der Waals surface area contributed by atoms with Crippen molar-refractivity contribution in [1.29, 1.82) is 0 Å². The number of pyridine rings is 1. The number of ether oxygens (including phenoxy) is 1. The number of nitrogens with zero attached hydrogens (tertiary/aromatic N) is 2. The first kappa shape index (κ1) is 15.7. The fourth-order valence-electron chi connectivity index (χ4n) is 2.18. The van der Waals surface area contributed by atoms with Gasteiger partial charge in [-0.05, 0) is 36.4 Å². The number of carbonyl (C=O) groups is 1. The lowest BCUT2D eigenvalue weighted by molar-refractivity contribution is -0.116. The average Bonchev–Trinajstić information content (AvgIpc) is 3.10. The first-order valence-corrected chi connectivity index (χ1v) is 7.54. The van der Waals surface area contributed by atoms with Gasteiger partial charge in [0.15, 0.2) is 11.7 Å². The van der Waals surface area contributed by atoms with Gasteiger partial charge in [-0.2, -0.15) is 0 Å². The van der Waals surface area contributed by atoms with Crippen molar-refractivity contribution in [2.75, 3.05) is 12.4 Å². The molecule has 6 heteroatoms. The van der Waals surface area contributed by atoms with Crippen LogP contribution >= 0.6 is 0 Å². The first-order chi connectivity index (χ1) is 11.7. The Morgan fingerprint density at radius 1 is 1.17 bits per heavy atom. The molecular weight excluding hydrogens is 306 g/mol. The molecule has 2 heterocycles. The molecule has 0 fully saturated rings. The number of methoxy groups -OCH3 is 1. The van der Waals surface area contributed by atoms with Crippen LogP contribution in [-0.4, -0.2) is 23.0 Å². The van der Waals surface area contributed by atoms with Gasteiger partial charge >= 0.3 is 0 Å². The predicted molar refractivity (Wildman–Crippen MR) is 89.7 cm³/mol. The molecule has 6 nitrogen and oxygen atoms in total. The molecule has 1 N–H and O–H groups in total. The Labute approximate surface area is 139 Å². The van der Waals surface area contributed by atoms with Crippen LogP contribution in [-0.2, 0) is 11.2 Å². The van der Waals surface area contributed by atoms with Gasteiger partial charge in [0, 0.05) is 24.6 Å². The van der Waals surface area contributed by atoms with Gasteiger partial charge in [-0.3, -0.25) is 4.79 Å². The van der Waals surface area contributed by atoms with Crippen molar-refractivity contribution in [3.05, 3.63) is 60.7 Å². The highest BCUT2D eigenvalue weighted by Crippen LogP contribution is 2.23. The third kappa shape index (κ3) is 3.98. The standard InChI is InChI=1S/C18H17N3O3/c1-23-14-7-5-13(6-8-14)15-12-20-18(24-15)10-9-17(22)21-16-4-2-3-11-19-16/h2-8,11-12H,9-10H2,1H3,(H,19,21,22). The number of oxazole rings is 1. The molecule has 1 amide bonds. The summed E-state index contributed by atoms with van der Waals surface area (Å²) in [6.45, 7) is 0. The van der Waals surface area contributed by atoms with E-state index in [2.05, 4.69) is 15.3 Å². The van der Waals surface area contributed by atoms with E-state index < -0.39 is 0 Å². The van der Waals surface area contributed by atoms with Crippen molar-refractivity contribution >= 4 is 11.7 Å². The fraction of sp³-hybridized carbons (Fsp3) is 0.167. The van der Waals surface area contributed by atoms with Gasteiger partial charge in [-0.15, -0.1) is 0 Å². The zero-order valence-electron chi connectivity index (χ0n) is 13.2. The molecule has 24 heavy (non-hydrogen) atoms. The fourth-order valence-corrected chi connectivity index (χ4v) is 2.18. The lowest BCUT2D eigenvalue weighted by atomic mass is 10.2. The molecule has 0 aliphatic heterocycles. The summed E-state index contributed by atoms with van der Waals surface area (Å²) in [7, 11) is 1.62. The number of amides is 1. The second-order valence-corrected chi connectivity index (χ2v) is 5.11. The number of carbonyl (C=O) groups excluding carboxylic acids is 1. The highest BCUT2D eigenvalue weighted by Gasteiger charge is 2.09. The van der Waals surface area contributed by atoms with Gasteiger partial charge < -0.3 is 14.5 Å². The molecule has 0 unspecified atom stereocenters. The topological polar surface area (TPSA) is 77.2 Å². The Balaban J connectivity index is 1.56. The zero-order chi connectivity index (χ0) is 16.8. The Hall–Kier alpha value is -3.15. The van der Waals surface area contributed by atoms with Gasteiger partial charge in [0.25, 0.3) is 0 Å². The summed E-state index contributed by atoms with van der Waals surface area (Å²) in [5.74, 6) is 2.38. The van der Waals surface area contributed by atoms with E-state index in [0.717, 1.165) is 11.3 Å². The molecule has 3 rings (SSSR count). The third-order valence-corrected chi connectivity index (χ3v) is 3.43. The minimum Gasteiger partial charge on any atom is -0.497 e. The number of aryl methyl sites for hydroxylation is 1. The summed E-state index contributed by atoms with van der Waals surface area (Å²) in [6.07, 6.45) is 3.99. The number of hydrogen-bond donors (Lipinski definition) is 1. The van der Waals surface area contributed by atoms with Crippen LogP contribution in [0.4, 0.5) is 5.82 Å². The van der Waals surface area contributed by atoms with Crippen LogP contribution < -0.4 is 10.1 Å². The van der Waals surface area contributed by atoms with Crippen LogP contribution in [0, 0.1) is 0 Å². The van der Waals surface area contributed by atoms with Crippen LogP contribution in [0.3, 0.4) is 0 Å². The van der Waals surface area contributed by atoms with E-state index in [4.69, 9.17) is 9.15 Å². The van der Waals surface area contributed by atoms with Gasteiger partial charge in [0.1, 0.15) is 11.6 Å². The lowest BCUT2D eigenvalue weighted by Crippen LogP contribution is -2.13. The third-order valence-electron chi connectivity index (χ3n) is 3.43. The van der Waals surface area contributed by atoms with Gasteiger partial charge in [0.2, 0.25) is 5.91 Å². The summed E-state index contributed by atoms with van der Waals surface area (Å²) >= 11 is 0. The maximum atomic E-state index is 11.9. The highest BCUT2D eigenvalue weighted by molar-refractivity contribution is 5.89. The van der Waals surface area contributed by atoms with E-state index in [0.29, 0.717) is 23.9 Å². The van der Waals surface area contributed by atoms with Crippen LogP contribution in [0.25, 0.3) is 11.3 Å². The Kier molecular flexibility index (Phi) is 4.86. The van der Waals surface area contributed by atoms with Gasteiger partial charge in [0.05, 0.1) is 13.3 Å². The van der Waals surface area contributed by atoms with Crippen molar-refractivity contribution < 1.29 is 13.9 Å². The maximum absolute atomic E-state index is 11.9. The van der Waals surface area contributed by atoms with Crippen molar-refractivity contribution in [1.82, 2.24) is 9.97 Å². The quantitative estimate of drug-likeness (QED) is 0.753. The second kappa shape index (κ2) is 7.41. The van der Waals surface area contributed by atoms with E-state index in [-0.39, 0.29) is 12.3 Å². The largest absolute Gasteiger partial charge is 0.497 e. The molecule has 0 atom stereocenters. The van der Waals surface area contributed by atoms with Crippen molar-refractivity contribution in [2.24, 2.45) is 0 Å². The van der Waals surface area contributed by atoms with E-state index in [1.54, 1.807) is 31.6 Å². The molecule has 2 aromatic heterocycles. The van der Waals surface area contributed by atoms with Crippen molar-refractivity contribution in [3.63, 3.8) is 0 Å². The molecule has 1 aromatic carbocycles. The molecule has 0 spiro atoms. The smallest absolute Gasteiger partial charge is 0.226 e. The summed E-state index contributed by atoms with van der Waals surface area (Å²) in [4.78, 5) is 20.2. The first-order valence-electron chi connectivity index (χ1n) is 7.54. The Bertz CT molecular complexity index is 798. The van der Waals surface area contributed by atoms with Crippen LogP contribution in [0.5, 0.6) is 5.75 Å². The Morgan fingerprint density at radius 2 is 2.00 bits per heavy atom. The zero-order valence-corrected chi connectivity index (χ0v) is 13.2. The highest BCUT2D eigenvalue weighted by atomic mass is 16.5. The van der Waals surface area contributed by atoms with Crippen molar-refractivity contribution in [2.45, 2.75) is 12.8 Å². The van der Waals surface area contributed by atoms with Crippen LogP contribution in [0.1, 0.15) is 12.3 Å². The molecule has 0 radical (unpaired) electrons. The number of aromatic nitrogens is 2. The number of benzene rings is 1. The van der Waals surface area contributed by atoms with Gasteiger partial charge in [-0.1, -0.05) is 6.07 Å². The average molecular weight is 323 g/mol. The molecule has 0 aliphatic carbocycles. The molecule has 0 saturated carbocycles. The summed E-state index contributed by atoms with van der Waals surface area (Å²) in [5.41, 5.74) is 0.910. The van der Waals surface area contributed by atoms with E-state index in [1.807, 2.05) is 30.3 Å². The number of rotatable bonds is 6. The SMILES string of the molecule is COc1ccc(-c2cnc(CCC(=O)Nc3ccccn3)o2)cc1. The summed E-state index contributed by atoms with van der Waals surface area (Å²) in [5, 5.41) is 2.73. The molecule has 0 bridgehead atoms. The molecule has 3 aromatic rings. The minimum absolute atomic E-state index is 0.127. The lowest BCUT2D eigenvalue weighted by Gasteiger charge is -2.02. The minimum atomic E-state index is -0.127. The normalized spacial score (nSPS) is 10.4. The van der Waals surface area contributed by atoms with Crippen LogP contribution in [0.15, 0.2) is 59.3 Å². The summed E-state index contributed by atoms with van der Waals surface area (Å²) in [6, 6.07) is 12.9. The molecular formula is C18H17N3O3. The van der Waals surface area contributed by atoms with Crippen molar-refractivity contribution in [3.8, 4) is 17.1 Å². The van der Waals surface area contributed by atoms with E-state index in [1.165, 1.54) is 0 Å². The molecule has 0 saturated heterocycles. The predicted octanol–water partition coefficient (Wildman–Crippen LogP) is 3.32. The number of nitrogens with one attached hydrogen (secondary N) is 1. The number of hydrogen-bond acceptors (Lipinski definition) is 5. The van der Waals surface area contributed by atoms with Crippen LogP contribution in [0.2, 0.25) is 0 Å². The molecule has 0 aliphatic rings. The molecule has 122 valence electrons. The second-order valence-electron chi connectivity index (χ2n) is 5.11. The van der Waals surface area contributed by atoms with E-state index in [9.17, 15) is 4.79 Å². The Morgan fingerprint density at radius 3 is 2.71 bits per heavy atom. The maximum Gasteiger partial charge on any atom is 0.226 e. The van der Waals surface area contributed by atoms with Gasteiger partial charge in [-0.25, -0.2) is 9.97 Å². The van der Waals surface area contributed by atoms with E-state index >= 15 is 0 Å².